The number of unbranched alkanes of at least 4 members (excludes halogenated alkanes) is 1. The van der Waals surface area contributed by atoms with E-state index in [0.29, 0.717) is 6.42 Å². The normalized spacial score (nSPS) is 11.6. The number of benzene rings is 2. The van der Waals surface area contributed by atoms with E-state index < -0.39 is 21.8 Å². The molecule has 0 aliphatic rings. The summed E-state index contributed by atoms with van der Waals surface area (Å²) in [4.78, 5) is -0.0343. The van der Waals surface area contributed by atoms with Crippen LogP contribution in [0, 0.1) is 18.8 Å². The second-order valence-corrected chi connectivity index (χ2v) is 7.41. The van der Waals surface area contributed by atoms with Crippen LogP contribution < -0.4 is 4.72 Å². The molecule has 0 radical (unpaired) electrons. The molecule has 0 heterocycles. The van der Waals surface area contributed by atoms with Crippen LogP contribution in [0.5, 0.6) is 0 Å². The smallest absolute Gasteiger partial charge is 0.278 e. The standard InChI is InChI=1S/C19H18F3NO2S/c1-3-4-5-6-15-9-10-16(19(20,21)22)13-18(15)23-26(24,25)17-11-7-14(2)8-12-17/h7-13,23H,3-4H2,1-2H3. The van der Waals surface area contributed by atoms with E-state index in [0.717, 1.165) is 24.1 Å². The van der Waals surface area contributed by atoms with E-state index >= 15 is 0 Å². The van der Waals surface area contributed by atoms with Crippen molar-refractivity contribution in [3.8, 4) is 11.8 Å². The van der Waals surface area contributed by atoms with Crippen LogP contribution >= 0.6 is 0 Å². The van der Waals surface area contributed by atoms with Gasteiger partial charge in [0, 0.05) is 12.0 Å². The summed E-state index contributed by atoms with van der Waals surface area (Å²) in [5, 5.41) is 0. The van der Waals surface area contributed by atoms with E-state index in [1.165, 1.54) is 18.2 Å². The number of nitrogens with one attached hydrogen (secondary N) is 1. The minimum absolute atomic E-state index is 0.0343. The van der Waals surface area contributed by atoms with Crippen LogP contribution in [0.15, 0.2) is 47.4 Å². The van der Waals surface area contributed by atoms with E-state index in [9.17, 15) is 21.6 Å². The highest BCUT2D eigenvalue weighted by Gasteiger charge is 2.31. The van der Waals surface area contributed by atoms with Gasteiger partial charge < -0.3 is 0 Å². The third-order valence-corrected chi connectivity index (χ3v) is 4.90. The fourth-order valence-corrected chi connectivity index (χ4v) is 3.19. The average Bonchev–Trinajstić information content (AvgIpc) is 2.55. The van der Waals surface area contributed by atoms with Gasteiger partial charge >= 0.3 is 6.18 Å². The van der Waals surface area contributed by atoms with Crippen LogP contribution in [0.3, 0.4) is 0 Å². The molecule has 0 bridgehead atoms. The van der Waals surface area contributed by atoms with Gasteiger partial charge in [0.25, 0.3) is 10.0 Å². The molecular formula is C19H18F3NO2S. The first-order valence-electron chi connectivity index (χ1n) is 7.93. The lowest BCUT2D eigenvalue weighted by molar-refractivity contribution is -0.137. The second kappa shape index (κ2) is 7.83. The average molecular weight is 381 g/mol. The lowest BCUT2D eigenvalue weighted by atomic mass is 10.1. The Hall–Kier alpha value is -2.46. The van der Waals surface area contributed by atoms with Crippen molar-refractivity contribution in [3.05, 3.63) is 59.2 Å². The van der Waals surface area contributed by atoms with E-state index in [4.69, 9.17) is 0 Å². The number of hydrogen-bond donors (Lipinski definition) is 1. The molecule has 2 aromatic carbocycles. The van der Waals surface area contributed by atoms with E-state index in [1.807, 2.05) is 6.92 Å². The Labute approximate surface area is 151 Å². The van der Waals surface area contributed by atoms with Crippen LogP contribution in [-0.2, 0) is 16.2 Å². The molecule has 0 aliphatic carbocycles. The van der Waals surface area contributed by atoms with Gasteiger partial charge in [-0.2, -0.15) is 13.2 Å². The third-order valence-electron chi connectivity index (χ3n) is 3.52. The van der Waals surface area contributed by atoms with Crippen molar-refractivity contribution in [3.63, 3.8) is 0 Å². The SMILES string of the molecule is CCCC#Cc1ccc(C(F)(F)F)cc1NS(=O)(=O)c1ccc(C)cc1. The molecular weight excluding hydrogens is 363 g/mol. The van der Waals surface area contributed by atoms with Gasteiger partial charge in [-0.1, -0.05) is 36.5 Å². The minimum atomic E-state index is -4.58. The highest BCUT2D eigenvalue weighted by atomic mass is 32.2. The zero-order valence-corrected chi connectivity index (χ0v) is 15.1. The summed E-state index contributed by atoms with van der Waals surface area (Å²) in [6.45, 7) is 3.72. The van der Waals surface area contributed by atoms with Gasteiger partial charge in [-0.25, -0.2) is 8.42 Å². The van der Waals surface area contributed by atoms with Crippen LogP contribution in [0.2, 0.25) is 0 Å². The van der Waals surface area contributed by atoms with Gasteiger partial charge in [0.15, 0.2) is 0 Å². The number of halogens is 3. The number of hydrogen-bond acceptors (Lipinski definition) is 2. The largest absolute Gasteiger partial charge is 0.416 e. The van der Waals surface area contributed by atoms with Crippen LogP contribution in [-0.4, -0.2) is 8.42 Å². The van der Waals surface area contributed by atoms with Gasteiger partial charge in [0.05, 0.1) is 16.1 Å². The molecule has 0 spiro atoms. The van der Waals surface area contributed by atoms with Crippen molar-refractivity contribution in [2.24, 2.45) is 0 Å². The number of sulfonamides is 1. The summed E-state index contributed by atoms with van der Waals surface area (Å²) in [6.07, 6.45) is -3.23. The summed E-state index contributed by atoms with van der Waals surface area (Å²) in [5.41, 5.74) is -0.0690. The Kier molecular flexibility index (Phi) is 5.98. The van der Waals surface area contributed by atoms with Crippen molar-refractivity contribution in [2.45, 2.75) is 37.8 Å². The lowest BCUT2D eigenvalue weighted by Gasteiger charge is -2.13. The predicted molar refractivity (Wildman–Crippen MR) is 95.2 cm³/mol. The quantitative estimate of drug-likeness (QED) is 0.761. The molecule has 3 nitrogen and oxygen atoms in total. The second-order valence-electron chi connectivity index (χ2n) is 5.73. The maximum Gasteiger partial charge on any atom is 0.416 e. The maximum absolute atomic E-state index is 13.0. The minimum Gasteiger partial charge on any atom is -0.278 e. The molecule has 0 unspecified atom stereocenters. The Morgan fingerprint density at radius 1 is 1.08 bits per heavy atom. The Bertz CT molecular complexity index is 937. The molecule has 138 valence electrons. The first-order valence-corrected chi connectivity index (χ1v) is 9.41. The summed E-state index contributed by atoms with van der Waals surface area (Å²) >= 11 is 0. The Balaban J connectivity index is 2.47. The summed E-state index contributed by atoms with van der Waals surface area (Å²) < 4.78 is 66.2. The molecule has 2 rings (SSSR count). The van der Waals surface area contributed by atoms with Gasteiger partial charge in [-0.3, -0.25) is 4.72 Å². The Morgan fingerprint density at radius 2 is 1.73 bits per heavy atom. The number of anilines is 1. The molecule has 2 aromatic rings. The van der Waals surface area contributed by atoms with Crippen molar-refractivity contribution >= 4 is 15.7 Å². The number of rotatable bonds is 4. The molecule has 26 heavy (non-hydrogen) atoms. The fraction of sp³-hybridized carbons (Fsp3) is 0.263. The molecule has 0 saturated heterocycles. The molecule has 0 saturated carbocycles. The van der Waals surface area contributed by atoms with Crippen molar-refractivity contribution in [1.29, 1.82) is 0 Å². The van der Waals surface area contributed by atoms with E-state index in [1.54, 1.807) is 19.1 Å². The molecule has 0 atom stereocenters. The van der Waals surface area contributed by atoms with Crippen LogP contribution in [0.25, 0.3) is 0 Å². The molecule has 0 aliphatic heterocycles. The van der Waals surface area contributed by atoms with Gasteiger partial charge in [0.1, 0.15) is 0 Å². The van der Waals surface area contributed by atoms with Crippen molar-refractivity contribution in [2.75, 3.05) is 4.72 Å². The summed E-state index contributed by atoms with van der Waals surface area (Å²) in [7, 11) is -4.03. The predicted octanol–water partition coefficient (Wildman–Crippen LogP) is 4.97. The highest BCUT2D eigenvalue weighted by Crippen LogP contribution is 2.32. The molecule has 7 heteroatoms. The van der Waals surface area contributed by atoms with E-state index in [2.05, 4.69) is 16.6 Å². The first kappa shape index (κ1) is 19.9. The topological polar surface area (TPSA) is 46.2 Å². The van der Waals surface area contributed by atoms with Crippen LogP contribution in [0.4, 0.5) is 18.9 Å². The van der Waals surface area contributed by atoms with Crippen LogP contribution in [0.1, 0.15) is 36.5 Å². The fourth-order valence-electron chi connectivity index (χ4n) is 2.12. The number of aryl methyl sites for hydroxylation is 1. The zero-order valence-electron chi connectivity index (χ0n) is 14.3. The summed E-state index contributed by atoms with van der Waals surface area (Å²) in [6, 6.07) is 8.85. The molecule has 0 amide bonds. The zero-order chi connectivity index (χ0) is 19.4. The van der Waals surface area contributed by atoms with Crippen molar-refractivity contribution < 1.29 is 21.6 Å². The molecule has 1 N–H and O–H groups in total. The van der Waals surface area contributed by atoms with Gasteiger partial charge in [-0.15, -0.1) is 0 Å². The maximum atomic E-state index is 13.0. The highest BCUT2D eigenvalue weighted by molar-refractivity contribution is 7.92. The third kappa shape index (κ3) is 5.02. The molecule has 0 fully saturated rings. The Morgan fingerprint density at radius 3 is 2.31 bits per heavy atom. The first-order chi connectivity index (χ1) is 12.1. The lowest BCUT2D eigenvalue weighted by Crippen LogP contribution is -2.15. The monoisotopic (exact) mass is 381 g/mol. The summed E-state index contributed by atoms with van der Waals surface area (Å²) in [5.74, 6) is 5.55. The van der Waals surface area contributed by atoms with Gasteiger partial charge in [0.2, 0.25) is 0 Å². The van der Waals surface area contributed by atoms with Gasteiger partial charge in [-0.05, 0) is 43.7 Å². The van der Waals surface area contributed by atoms with E-state index in [-0.39, 0.29) is 16.1 Å². The number of alkyl halides is 3. The molecule has 0 aromatic heterocycles. The van der Waals surface area contributed by atoms with Crippen molar-refractivity contribution in [1.82, 2.24) is 0 Å².